The SMILES string of the molecule is CCOc1ccc(-c2nnc(-c3ccccn3)o2)cc1. The van der Waals surface area contributed by atoms with Crippen LogP contribution in [0.1, 0.15) is 6.92 Å². The Hall–Kier alpha value is -2.69. The molecule has 20 heavy (non-hydrogen) atoms. The molecule has 0 radical (unpaired) electrons. The van der Waals surface area contributed by atoms with Crippen molar-refractivity contribution in [3.05, 3.63) is 48.7 Å². The summed E-state index contributed by atoms with van der Waals surface area (Å²) in [5, 5.41) is 8.05. The molecule has 0 fully saturated rings. The van der Waals surface area contributed by atoms with E-state index in [0.29, 0.717) is 24.1 Å². The molecule has 1 aromatic carbocycles. The minimum atomic E-state index is 0.412. The fourth-order valence-electron chi connectivity index (χ4n) is 1.79. The van der Waals surface area contributed by atoms with Gasteiger partial charge < -0.3 is 9.15 Å². The third-order valence-electron chi connectivity index (χ3n) is 2.72. The summed E-state index contributed by atoms with van der Waals surface area (Å²) in [4.78, 5) is 4.18. The van der Waals surface area contributed by atoms with Crippen molar-refractivity contribution in [3.63, 3.8) is 0 Å². The van der Waals surface area contributed by atoms with Gasteiger partial charge in [0.2, 0.25) is 5.89 Å². The van der Waals surface area contributed by atoms with Crippen LogP contribution in [0.4, 0.5) is 0 Å². The minimum Gasteiger partial charge on any atom is -0.494 e. The van der Waals surface area contributed by atoms with Crippen molar-refractivity contribution in [1.82, 2.24) is 15.2 Å². The standard InChI is InChI=1S/C15H13N3O2/c1-2-19-12-8-6-11(7-9-12)14-17-18-15(20-14)13-5-3-4-10-16-13/h3-10H,2H2,1H3. The van der Waals surface area contributed by atoms with E-state index < -0.39 is 0 Å². The predicted octanol–water partition coefficient (Wildman–Crippen LogP) is 3.20. The van der Waals surface area contributed by atoms with E-state index in [2.05, 4.69) is 15.2 Å². The average Bonchev–Trinajstić information content (AvgIpc) is 2.99. The van der Waals surface area contributed by atoms with Gasteiger partial charge in [-0.25, -0.2) is 0 Å². The number of nitrogens with zero attached hydrogens (tertiary/aromatic N) is 3. The fraction of sp³-hybridized carbons (Fsp3) is 0.133. The molecule has 100 valence electrons. The summed E-state index contributed by atoms with van der Waals surface area (Å²) in [6.07, 6.45) is 1.69. The molecule has 0 aliphatic rings. The van der Waals surface area contributed by atoms with Gasteiger partial charge in [-0.2, -0.15) is 0 Å². The summed E-state index contributed by atoms with van der Waals surface area (Å²) in [6, 6.07) is 13.1. The highest BCUT2D eigenvalue weighted by Gasteiger charge is 2.10. The van der Waals surface area contributed by atoms with Gasteiger partial charge in [-0.1, -0.05) is 6.07 Å². The zero-order valence-electron chi connectivity index (χ0n) is 11.0. The minimum absolute atomic E-state index is 0.412. The second kappa shape index (κ2) is 5.52. The molecule has 0 aliphatic heterocycles. The lowest BCUT2D eigenvalue weighted by Crippen LogP contribution is -1.90. The summed E-state index contributed by atoms with van der Waals surface area (Å²) >= 11 is 0. The van der Waals surface area contributed by atoms with Crippen molar-refractivity contribution in [2.45, 2.75) is 6.92 Å². The van der Waals surface area contributed by atoms with Gasteiger partial charge in [-0.15, -0.1) is 10.2 Å². The van der Waals surface area contributed by atoms with E-state index in [1.807, 2.05) is 49.4 Å². The van der Waals surface area contributed by atoms with Crippen molar-refractivity contribution in [2.75, 3.05) is 6.61 Å². The number of ether oxygens (including phenoxy) is 1. The normalized spacial score (nSPS) is 10.4. The lowest BCUT2D eigenvalue weighted by Gasteiger charge is -2.02. The highest BCUT2D eigenvalue weighted by Crippen LogP contribution is 2.24. The number of aromatic nitrogens is 3. The van der Waals surface area contributed by atoms with E-state index in [4.69, 9.17) is 9.15 Å². The highest BCUT2D eigenvalue weighted by molar-refractivity contribution is 5.56. The van der Waals surface area contributed by atoms with Gasteiger partial charge in [-0.05, 0) is 43.3 Å². The molecule has 3 rings (SSSR count). The molecule has 0 N–H and O–H groups in total. The molecule has 0 unspecified atom stereocenters. The van der Waals surface area contributed by atoms with E-state index in [1.54, 1.807) is 6.20 Å². The summed E-state index contributed by atoms with van der Waals surface area (Å²) < 4.78 is 11.0. The zero-order valence-corrected chi connectivity index (χ0v) is 11.0. The van der Waals surface area contributed by atoms with Gasteiger partial charge in [0.15, 0.2) is 0 Å². The van der Waals surface area contributed by atoms with Crippen LogP contribution in [0.25, 0.3) is 23.0 Å². The summed E-state index contributed by atoms with van der Waals surface area (Å²) in [5.74, 6) is 1.70. The van der Waals surface area contributed by atoms with E-state index in [1.165, 1.54) is 0 Å². The quantitative estimate of drug-likeness (QED) is 0.726. The highest BCUT2D eigenvalue weighted by atomic mass is 16.5. The van der Waals surface area contributed by atoms with E-state index in [-0.39, 0.29) is 0 Å². The maximum Gasteiger partial charge on any atom is 0.266 e. The Morgan fingerprint density at radius 3 is 2.50 bits per heavy atom. The molecular weight excluding hydrogens is 254 g/mol. The lowest BCUT2D eigenvalue weighted by atomic mass is 10.2. The average molecular weight is 267 g/mol. The van der Waals surface area contributed by atoms with Crippen molar-refractivity contribution in [3.8, 4) is 28.8 Å². The monoisotopic (exact) mass is 267 g/mol. The number of hydrogen-bond donors (Lipinski definition) is 0. The zero-order chi connectivity index (χ0) is 13.8. The second-order valence-electron chi connectivity index (χ2n) is 4.08. The Labute approximate surface area is 116 Å². The van der Waals surface area contributed by atoms with Crippen LogP contribution in [0, 0.1) is 0 Å². The molecule has 2 heterocycles. The molecule has 3 aromatic rings. The van der Waals surface area contributed by atoms with Crippen molar-refractivity contribution in [1.29, 1.82) is 0 Å². The first-order valence-corrected chi connectivity index (χ1v) is 6.35. The Morgan fingerprint density at radius 1 is 1.00 bits per heavy atom. The van der Waals surface area contributed by atoms with E-state index in [9.17, 15) is 0 Å². The lowest BCUT2D eigenvalue weighted by molar-refractivity contribution is 0.340. The maximum atomic E-state index is 5.63. The molecule has 5 nitrogen and oxygen atoms in total. The van der Waals surface area contributed by atoms with Gasteiger partial charge in [0, 0.05) is 11.8 Å². The van der Waals surface area contributed by atoms with Crippen LogP contribution in [0.5, 0.6) is 5.75 Å². The van der Waals surface area contributed by atoms with E-state index in [0.717, 1.165) is 11.3 Å². The maximum absolute atomic E-state index is 5.63. The van der Waals surface area contributed by atoms with Crippen LogP contribution in [-0.4, -0.2) is 21.8 Å². The van der Waals surface area contributed by atoms with Crippen LogP contribution < -0.4 is 4.74 Å². The molecular formula is C15H13N3O2. The number of benzene rings is 1. The summed E-state index contributed by atoms with van der Waals surface area (Å²) in [6.45, 7) is 2.59. The van der Waals surface area contributed by atoms with Gasteiger partial charge >= 0.3 is 0 Å². The topological polar surface area (TPSA) is 61.0 Å². The van der Waals surface area contributed by atoms with Crippen LogP contribution in [0.3, 0.4) is 0 Å². The number of hydrogen-bond acceptors (Lipinski definition) is 5. The first kappa shape index (κ1) is 12.3. The predicted molar refractivity (Wildman–Crippen MR) is 74.1 cm³/mol. The van der Waals surface area contributed by atoms with Gasteiger partial charge in [0.1, 0.15) is 11.4 Å². The molecule has 5 heteroatoms. The number of pyridine rings is 1. The fourth-order valence-corrected chi connectivity index (χ4v) is 1.79. The smallest absolute Gasteiger partial charge is 0.266 e. The van der Waals surface area contributed by atoms with Gasteiger partial charge in [0.05, 0.1) is 6.61 Å². The molecule has 0 amide bonds. The molecule has 0 saturated carbocycles. The largest absolute Gasteiger partial charge is 0.494 e. The van der Waals surface area contributed by atoms with Crippen LogP contribution in [-0.2, 0) is 0 Å². The molecule has 0 saturated heterocycles. The van der Waals surface area contributed by atoms with Crippen molar-refractivity contribution in [2.24, 2.45) is 0 Å². The summed E-state index contributed by atoms with van der Waals surface area (Å²) in [7, 11) is 0. The van der Waals surface area contributed by atoms with Crippen molar-refractivity contribution >= 4 is 0 Å². The molecule has 0 spiro atoms. The Bertz CT molecular complexity index is 678. The van der Waals surface area contributed by atoms with Crippen LogP contribution in [0.15, 0.2) is 53.1 Å². The number of rotatable bonds is 4. The third-order valence-corrected chi connectivity index (χ3v) is 2.72. The Morgan fingerprint density at radius 2 is 1.80 bits per heavy atom. The van der Waals surface area contributed by atoms with Crippen LogP contribution >= 0.6 is 0 Å². The van der Waals surface area contributed by atoms with Crippen LogP contribution in [0.2, 0.25) is 0 Å². The first-order chi connectivity index (χ1) is 9.86. The van der Waals surface area contributed by atoms with E-state index >= 15 is 0 Å². The van der Waals surface area contributed by atoms with Gasteiger partial charge in [0.25, 0.3) is 5.89 Å². The third kappa shape index (κ3) is 2.51. The Balaban J connectivity index is 1.86. The molecule has 0 atom stereocenters. The Kier molecular flexibility index (Phi) is 3.41. The van der Waals surface area contributed by atoms with Crippen molar-refractivity contribution < 1.29 is 9.15 Å². The first-order valence-electron chi connectivity index (χ1n) is 6.35. The summed E-state index contributed by atoms with van der Waals surface area (Å²) in [5.41, 5.74) is 1.51. The van der Waals surface area contributed by atoms with Gasteiger partial charge in [-0.3, -0.25) is 4.98 Å². The molecule has 0 bridgehead atoms. The second-order valence-corrected chi connectivity index (χ2v) is 4.08. The molecule has 0 aliphatic carbocycles. The molecule has 2 aromatic heterocycles.